The molecule has 0 unspecified atom stereocenters. The molecule has 126 valence electrons. The number of anilines is 3. The Balaban J connectivity index is 1.72. The summed E-state index contributed by atoms with van der Waals surface area (Å²) in [6, 6.07) is 17.4. The number of hydrogen-bond donors (Lipinski definition) is 2. The third kappa shape index (κ3) is 4.41. The van der Waals surface area contributed by atoms with Gasteiger partial charge in [0.1, 0.15) is 17.8 Å². The van der Waals surface area contributed by atoms with Crippen LogP contribution >= 0.6 is 0 Å². The van der Waals surface area contributed by atoms with Gasteiger partial charge < -0.3 is 10.6 Å². The maximum atomic E-state index is 12.4. The molecule has 25 heavy (non-hydrogen) atoms. The lowest BCUT2D eigenvalue weighted by atomic mass is 10.1. The van der Waals surface area contributed by atoms with E-state index in [-0.39, 0.29) is 5.91 Å². The fraction of sp³-hybridized carbons (Fsp3) is 0.150. The highest BCUT2D eigenvalue weighted by molar-refractivity contribution is 6.03. The summed E-state index contributed by atoms with van der Waals surface area (Å²) in [5.74, 6) is 0.311. The minimum absolute atomic E-state index is 0.266. The van der Waals surface area contributed by atoms with Gasteiger partial charge in [-0.1, -0.05) is 31.2 Å². The molecule has 3 rings (SSSR count). The second-order valence-corrected chi connectivity index (χ2v) is 5.79. The van der Waals surface area contributed by atoms with Crippen LogP contribution in [0.1, 0.15) is 28.5 Å². The van der Waals surface area contributed by atoms with E-state index in [9.17, 15) is 4.79 Å². The van der Waals surface area contributed by atoms with Crippen molar-refractivity contribution in [1.82, 2.24) is 9.97 Å². The molecule has 0 radical (unpaired) electrons. The number of nitrogens with zero attached hydrogens (tertiary/aromatic N) is 2. The molecule has 0 fully saturated rings. The predicted molar refractivity (Wildman–Crippen MR) is 100 cm³/mol. The van der Waals surface area contributed by atoms with Gasteiger partial charge >= 0.3 is 0 Å². The van der Waals surface area contributed by atoms with E-state index in [1.54, 1.807) is 6.07 Å². The molecule has 2 N–H and O–H groups in total. The lowest BCUT2D eigenvalue weighted by Crippen LogP contribution is -2.14. The van der Waals surface area contributed by atoms with Crippen LogP contribution in [-0.4, -0.2) is 15.9 Å². The Labute approximate surface area is 147 Å². The summed E-state index contributed by atoms with van der Waals surface area (Å²) in [6.07, 6.45) is 2.38. The molecule has 1 aromatic heterocycles. The average molecular weight is 332 g/mol. The lowest BCUT2D eigenvalue weighted by Gasteiger charge is -2.08. The smallest absolute Gasteiger partial charge is 0.274 e. The van der Waals surface area contributed by atoms with Gasteiger partial charge in [0.2, 0.25) is 0 Å². The Morgan fingerprint density at radius 1 is 1.00 bits per heavy atom. The highest BCUT2D eigenvalue weighted by Gasteiger charge is 2.09. The third-order valence-electron chi connectivity index (χ3n) is 3.81. The zero-order valence-corrected chi connectivity index (χ0v) is 14.3. The molecule has 1 amide bonds. The van der Waals surface area contributed by atoms with Crippen LogP contribution in [0.4, 0.5) is 17.2 Å². The third-order valence-corrected chi connectivity index (χ3v) is 3.81. The molecule has 0 aliphatic heterocycles. The average Bonchev–Trinajstić information content (AvgIpc) is 2.62. The van der Waals surface area contributed by atoms with E-state index in [4.69, 9.17) is 0 Å². The molecule has 0 saturated carbocycles. The van der Waals surface area contributed by atoms with Gasteiger partial charge in [0.15, 0.2) is 0 Å². The Morgan fingerprint density at radius 2 is 1.80 bits per heavy atom. The minimum Gasteiger partial charge on any atom is -0.340 e. The second kappa shape index (κ2) is 7.57. The van der Waals surface area contributed by atoms with Crippen molar-refractivity contribution >= 4 is 23.1 Å². The molecule has 3 aromatic rings. The second-order valence-electron chi connectivity index (χ2n) is 5.79. The first-order valence-electron chi connectivity index (χ1n) is 8.20. The fourth-order valence-corrected chi connectivity index (χ4v) is 2.44. The van der Waals surface area contributed by atoms with Crippen molar-refractivity contribution < 1.29 is 4.79 Å². The zero-order chi connectivity index (χ0) is 17.6. The van der Waals surface area contributed by atoms with Gasteiger partial charge in [0, 0.05) is 17.4 Å². The van der Waals surface area contributed by atoms with Gasteiger partial charge in [0.05, 0.1) is 0 Å². The number of amides is 1. The largest absolute Gasteiger partial charge is 0.340 e. The fourth-order valence-electron chi connectivity index (χ4n) is 2.44. The maximum Gasteiger partial charge on any atom is 0.274 e. The van der Waals surface area contributed by atoms with Crippen molar-refractivity contribution in [2.75, 3.05) is 10.6 Å². The van der Waals surface area contributed by atoms with Crippen molar-refractivity contribution in [3.05, 3.63) is 77.7 Å². The molecule has 0 saturated heterocycles. The van der Waals surface area contributed by atoms with Gasteiger partial charge in [-0.15, -0.1) is 0 Å². The van der Waals surface area contributed by atoms with Crippen molar-refractivity contribution in [2.24, 2.45) is 0 Å². The predicted octanol–water partition coefficient (Wildman–Crippen LogP) is 4.34. The molecule has 1 heterocycles. The van der Waals surface area contributed by atoms with Gasteiger partial charge in [-0.25, -0.2) is 9.97 Å². The van der Waals surface area contributed by atoms with Crippen LogP contribution in [0.25, 0.3) is 0 Å². The SMILES string of the molecule is CCc1ccc(Nc2cc(C(=O)Nc3cccc(C)c3)ncn2)cc1. The van der Waals surface area contributed by atoms with Crippen molar-refractivity contribution in [1.29, 1.82) is 0 Å². The van der Waals surface area contributed by atoms with E-state index in [0.717, 1.165) is 23.4 Å². The summed E-state index contributed by atoms with van der Waals surface area (Å²) in [5, 5.41) is 6.04. The summed E-state index contributed by atoms with van der Waals surface area (Å²) in [4.78, 5) is 20.6. The highest BCUT2D eigenvalue weighted by atomic mass is 16.1. The number of carbonyl (C=O) groups excluding carboxylic acids is 1. The van der Waals surface area contributed by atoms with Crippen molar-refractivity contribution in [3.8, 4) is 0 Å². The molecule has 2 aromatic carbocycles. The number of aryl methyl sites for hydroxylation is 2. The Morgan fingerprint density at radius 3 is 2.52 bits per heavy atom. The first kappa shape index (κ1) is 16.6. The first-order valence-corrected chi connectivity index (χ1v) is 8.20. The highest BCUT2D eigenvalue weighted by Crippen LogP contribution is 2.17. The molecule has 5 nitrogen and oxygen atoms in total. The number of hydrogen-bond acceptors (Lipinski definition) is 4. The molecule has 5 heteroatoms. The molecule has 0 bridgehead atoms. The maximum absolute atomic E-state index is 12.4. The standard InChI is InChI=1S/C20H20N4O/c1-3-15-7-9-16(10-8-15)23-19-12-18(21-13-22-19)20(25)24-17-6-4-5-14(2)11-17/h4-13H,3H2,1-2H3,(H,24,25)(H,21,22,23). The summed E-state index contributed by atoms with van der Waals surface area (Å²) >= 11 is 0. The molecular formula is C20H20N4O. The van der Waals surface area contributed by atoms with Crippen LogP contribution in [0.2, 0.25) is 0 Å². The molecule has 0 spiro atoms. The van der Waals surface area contributed by atoms with Gasteiger partial charge in [-0.3, -0.25) is 4.79 Å². The van der Waals surface area contributed by atoms with Crippen LogP contribution in [0.15, 0.2) is 60.9 Å². The van der Waals surface area contributed by atoms with Crippen LogP contribution < -0.4 is 10.6 Å². The van der Waals surface area contributed by atoms with Gasteiger partial charge in [0.25, 0.3) is 5.91 Å². The Kier molecular flexibility index (Phi) is 5.04. The summed E-state index contributed by atoms with van der Waals surface area (Å²) in [6.45, 7) is 4.10. The minimum atomic E-state index is -0.266. The van der Waals surface area contributed by atoms with Gasteiger partial charge in [-0.05, 0) is 48.7 Å². The summed E-state index contributed by atoms with van der Waals surface area (Å²) < 4.78 is 0. The van der Waals surface area contributed by atoms with E-state index in [2.05, 4.69) is 39.7 Å². The van der Waals surface area contributed by atoms with E-state index in [1.807, 2.05) is 43.3 Å². The summed E-state index contributed by atoms with van der Waals surface area (Å²) in [7, 11) is 0. The van der Waals surface area contributed by atoms with Crippen LogP contribution in [0, 0.1) is 6.92 Å². The zero-order valence-electron chi connectivity index (χ0n) is 14.3. The van der Waals surface area contributed by atoms with Crippen LogP contribution in [-0.2, 0) is 6.42 Å². The topological polar surface area (TPSA) is 66.9 Å². The molecular weight excluding hydrogens is 312 g/mol. The molecule has 0 aliphatic rings. The van der Waals surface area contributed by atoms with E-state index in [1.165, 1.54) is 11.9 Å². The Bertz CT molecular complexity index is 875. The normalized spacial score (nSPS) is 10.3. The quantitative estimate of drug-likeness (QED) is 0.729. The van der Waals surface area contributed by atoms with E-state index >= 15 is 0 Å². The van der Waals surface area contributed by atoms with E-state index in [0.29, 0.717) is 11.5 Å². The monoisotopic (exact) mass is 332 g/mol. The summed E-state index contributed by atoms with van der Waals surface area (Å²) in [5.41, 5.74) is 4.32. The van der Waals surface area contributed by atoms with Crippen LogP contribution in [0.3, 0.4) is 0 Å². The Hall–Kier alpha value is -3.21. The van der Waals surface area contributed by atoms with Crippen molar-refractivity contribution in [3.63, 3.8) is 0 Å². The number of nitrogens with one attached hydrogen (secondary N) is 2. The lowest BCUT2D eigenvalue weighted by molar-refractivity contribution is 0.102. The number of aromatic nitrogens is 2. The van der Waals surface area contributed by atoms with E-state index < -0.39 is 0 Å². The number of benzene rings is 2. The number of carbonyl (C=O) groups is 1. The van der Waals surface area contributed by atoms with Crippen molar-refractivity contribution in [2.45, 2.75) is 20.3 Å². The first-order chi connectivity index (χ1) is 12.1. The molecule has 0 aliphatic carbocycles. The van der Waals surface area contributed by atoms with Gasteiger partial charge in [-0.2, -0.15) is 0 Å². The van der Waals surface area contributed by atoms with Crippen LogP contribution in [0.5, 0.6) is 0 Å². The molecule has 0 atom stereocenters. The number of rotatable bonds is 5.